The molecule has 2 aromatic carbocycles. The second-order valence-corrected chi connectivity index (χ2v) is 6.55. The summed E-state index contributed by atoms with van der Waals surface area (Å²) in [5.41, 5.74) is 3.04. The quantitative estimate of drug-likeness (QED) is 0.586. The van der Waals surface area contributed by atoms with Gasteiger partial charge in [0.2, 0.25) is 0 Å². The number of carbonyl (C=O) groups excluding carboxylic acids is 2. The number of ether oxygens (including phenoxy) is 1. The standard InChI is InChI=1S/C21H24N4O3/c1-3-12-22-21(27)23-17-5-4-6-19(14-17)28-20(26)16-7-9-18(10-8-16)25-13-11-15(2)24-25/h4-10,14H,3,11-13H2,1-2H3,(H2,22,23,27). The van der Waals surface area contributed by atoms with E-state index in [1.54, 1.807) is 36.4 Å². The molecule has 0 atom stereocenters. The molecule has 0 saturated carbocycles. The molecule has 1 aliphatic rings. The number of nitrogens with zero attached hydrogens (tertiary/aromatic N) is 2. The normalized spacial score (nSPS) is 13.1. The van der Waals surface area contributed by atoms with E-state index in [2.05, 4.69) is 15.7 Å². The molecule has 0 fully saturated rings. The van der Waals surface area contributed by atoms with Crippen LogP contribution in [0.3, 0.4) is 0 Å². The van der Waals surface area contributed by atoms with Gasteiger partial charge in [-0.25, -0.2) is 9.59 Å². The minimum absolute atomic E-state index is 0.291. The molecule has 0 saturated heterocycles. The minimum atomic E-state index is -0.458. The highest BCUT2D eigenvalue weighted by Gasteiger charge is 2.14. The summed E-state index contributed by atoms with van der Waals surface area (Å²) < 4.78 is 5.43. The maximum atomic E-state index is 12.4. The molecule has 0 aliphatic carbocycles. The zero-order chi connectivity index (χ0) is 19.9. The Kier molecular flexibility index (Phi) is 6.26. The molecule has 28 heavy (non-hydrogen) atoms. The van der Waals surface area contributed by atoms with Crippen LogP contribution < -0.4 is 20.4 Å². The van der Waals surface area contributed by atoms with Crippen LogP contribution in [0.15, 0.2) is 53.6 Å². The van der Waals surface area contributed by atoms with Crippen LogP contribution in [-0.4, -0.2) is 30.8 Å². The highest BCUT2D eigenvalue weighted by molar-refractivity contribution is 5.92. The van der Waals surface area contributed by atoms with Crippen LogP contribution in [0.25, 0.3) is 0 Å². The average molecular weight is 380 g/mol. The van der Waals surface area contributed by atoms with Crippen LogP contribution in [0.4, 0.5) is 16.2 Å². The molecule has 0 aromatic heterocycles. The van der Waals surface area contributed by atoms with Gasteiger partial charge in [-0.3, -0.25) is 5.01 Å². The lowest BCUT2D eigenvalue weighted by Crippen LogP contribution is -2.29. The van der Waals surface area contributed by atoms with Gasteiger partial charge in [-0.1, -0.05) is 13.0 Å². The molecule has 146 valence electrons. The maximum Gasteiger partial charge on any atom is 0.343 e. The van der Waals surface area contributed by atoms with Crippen molar-refractivity contribution in [2.75, 3.05) is 23.4 Å². The van der Waals surface area contributed by atoms with Gasteiger partial charge >= 0.3 is 12.0 Å². The number of carbonyl (C=O) groups is 2. The van der Waals surface area contributed by atoms with Gasteiger partial charge in [0.15, 0.2) is 0 Å². The first-order chi connectivity index (χ1) is 13.5. The van der Waals surface area contributed by atoms with Crippen LogP contribution in [0.5, 0.6) is 5.75 Å². The van der Waals surface area contributed by atoms with Crippen LogP contribution in [0, 0.1) is 0 Å². The molecule has 0 unspecified atom stereocenters. The van der Waals surface area contributed by atoms with Crippen LogP contribution in [-0.2, 0) is 0 Å². The number of amides is 2. The van der Waals surface area contributed by atoms with Gasteiger partial charge < -0.3 is 15.4 Å². The van der Waals surface area contributed by atoms with Crippen molar-refractivity contribution in [1.29, 1.82) is 0 Å². The van der Waals surface area contributed by atoms with Gasteiger partial charge in [-0.15, -0.1) is 0 Å². The van der Waals surface area contributed by atoms with Gasteiger partial charge in [-0.05, 0) is 49.7 Å². The first-order valence-electron chi connectivity index (χ1n) is 9.34. The molecule has 3 rings (SSSR count). The summed E-state index contributed by atoms with van der Waals surface area (Å²) in [5, 5.41) is 11.8. The van der Waals surface area contributed by atoms with Crippen molar-refractivity contribution < 1.29 is 14.3 Å². The third kappa shape index (κ3) is 5.09. The van der Waals surface area contributed by atoms with E-state index in [1.807, 2.05) is 31.0 Å². The fraction of sp³-hybridized carbons (Fsp3) is 0.286. The summed E-state index contributed by atoms with van der Waals surface area (Å²) in [5.74, 6) is -0.0950. The highest BCUT2D eigenvalue weighted by Crippen LogP contribution is 2.22. The number of nitrogens with one attached hydrogen (secondary N) is 2. The van der Waals surface area contributed by atoms with Crippen molar-refractivity contribution in [3.05, 3.63) is 54.1 Å². The number of hydrogen-bond acceptors (Lipinski definition) is 5. The predicted octanol–water partition coefficient (Wildman–Crippen LogP) is 4.02. The monoisotopic (exact) mass is 380 g/mol. The number of rotatable bonds is 6. The predicted molar refractivity (Wildman–Crippen MR) is 110 cm³/mol. The lowest BCUT2D eigenvalue weighted by Gasteiger charge is -2.14. The summed E-state index contributed by atoms with van der Waals surface area (Å²) in [6.07, 6.45) is 1.80. The zero-order valence-corrected chi connectivity index (χ0v) is 16.1. The van der Waals surface area contributed by atoms with Crippen molar-refractivity contribution in [3.63, 3.8) is 0 Å². The van der Waals surface area contributed by atoms with E-state index < -0.39 is 5.97 Å². The number of hydrogen-bond donors (Lipinski definition) is 2. The Morgan fingerprint density at radius 2 is 1.96 bits per heavy atom. The Morgan fingerprint density at radius 3 is 2.64 bits per heavy atom. The second-order valence-electron chi connectivity index (χ2n) is 6.55. The molecule has 1 aliphatic heterocycles. The lowest BCUT2D eigenvalue weighted by molar-refractivity contribution is 0.0735. The lowest BCUT2D eigenvalue weighted by atomic mass is 10.2. The Bertz CT molecular complexity index is 877. The molecule has 7 nitrogen and oxygen atoms in total. The summed E-state index contributed by atoms with van der Waals surface area (Å²) in [6.45, 7) is 5.43. The van der Waals surface area contributed by atoms with Gasteiger partial charge in [0.05, 0.1) is 11.3 Å². The number of urea groups is 1. The molecule has 7 heteroatoms. The van der Waals surface area contributed by atoms with E-state index in [0.717, 1.165) is 30.8 Å². The molecule has 0 spiro atoms. The number of benzene rings is 2. The van der Waals surface area contributed by atoms with E-state index in [4.69, 9.17) is 4.74 Å². The summed E-state index contributed by atoms with van der Waals surface area (Å²) in [4.78, 5) is 24.2. The largest absolute Gasteiger partial charge is 0.423 e. The van der Waals surface area contributed by atoms with Crippen molar-refractivity contribution in [1.82, 2.24) is 5.32 Å². The summed E-state index contributed by atoms with van der Waals surface area (Å²) in [6, 6.07) is 13.6. The van der Waals surface area contributed by atoms with Crippen LogP contribution in [0.2, 0.25) is 0 Å². The molecule has 2 N–H and O–H groups in total. The minimum Gasteiger partial charge on any atom is -0.423 e. The highest BCUT2D eigenvalue weighted by atomic mass is 16.5. The number of anilines is 2. The van der Waals surface area contributed by atoms with Crippen molar-refractivity contribution in [3.8, 4) is 5.75 Å². The van der Waals surface area contributed by atoms with Crippen LogP contribution in [0.1, 0.15) is 37.0 Å². The van der Waals surface area contributed by atoms with Gasteiger partial charge in [0.1, 0.15) is 5.75 Å². The fourth-order valence-corrected chi connectivity index (χ4v) is 2.75. The molecule has 2 amide bonds. The van der Waals surface area contributed by atoms with Crippen molar-refractivity contribution >= 4 is 29.1 Å². The molecule has 0 bridgehead atoms. The Morgan fingerprint density at radius 1 is 1.18 bits per heavy atom. The molecular formula is C21H24N4O3. The second kappa shape index (κ2) is 9.03. The summed E-state index contributed by atoms with van der Waals surface area (Å²) >= 11 is 0. The first-order valence-corrected chi connectivity index (χ1v) is 9.34. The Hall–Kier alpha value is -3.35. The third-order valence-electron chi connectivity index (χ3n) is 4.22. The number of esters is 1. The third-order valence-corrected chi connectivity index (χ3v) is 4.22. The van der Waals surface area contributed by atoms with E-state index in [0.29, 0.717) is 23.5 Å². The van der Waals surface area contributed by atoms with E-state index in [1.165, 1.54) is 0 Å². The topological polar surface area (TPSA) is 83.0 Å². The first kappa shape index (κ1) is 19.4. The smallest absolute Gasteiger partial charge is 0.343 e. The Labute approximate surface area is 164 Å². The van der Waals surface area contributed by atoms with Gasteiger partial charge in [-0.2, -0.15) is 5.10 Å². The molecular weight excluding hydrogens is 356 g/mol. The van der Waals surface area contributed by atoms with E-state index in [-0.39, 0.29) is 6.03 Å². The van der Waals surface area contributed by atoms with Crippen LogP contribution >= 0.6 is 0 Å². The zero-order valence-electron chi connectivity index (χ0n) is 16.1. The molecule has 2 aromatic rings. The van der Waals surface area contributed by atoms with E-state index in [9.17, 15) is 9.59 Å². The SMILES string of the molecule is CCCNC(=O)Nc1cccc(OC(=O)c2ccc(N3CCC(C)=N3)cc2)c1. The number of hydrazone groups is 1. The van der Waals surface area contributed by atoms with E-state index >= 15 is 0 Å². The van der Waals surface area contributed by atoms with Gasteiger partial charge in [0.25, 0.3) is 0 Å². The van der Waals surface area contributed by atoms with Gasteiger partial charge in [0, 0.05) is 37.0 Å². The molecule has 0 radical (unpaired) electrons. The van der Waals surface area contributed by atoms with Crippen molar-refractivity contribution in [2.45, 2.75) is 26.7 Å². The van der Waals surface area contributed by atoms with Crippen molar-refractivity contribution in [2.24, 2.45) is 5.10 Å². The Balaban J connectivity index is 1.61. The average Bonchev–Trinajstić information content (AvgIpc) is 3.13. The summed E-state index contributed by atoms with van der Waals surface area (Å²) in [7, 11) is 0. The maximum absolute atomic E-state index is 12.4. The fourth-order valence-electron chi connectivity index (χ4n) is 2.75. The molecule has 1 heterocycles.